The standard InChI is InChI=1S/C26H32N2O3/c1-2-3-10-24-25(22-9-4-5-11-23(22)31-24)26(30)27-21-8-6-7-20(16-21)17-28-14-12-19(18-29)13-15-28/h4-9,11,16,19,29H,2-3,10,12-15,17-18H2,1H3,(H,27,30). The molecule has 0 aliphatic carbocycles. The number of para-hydroxylation sites is 1. The lowest BCUT2D eigenvalue weighted by Crippen LogP contribution is -2.34. The monoisotopic (exact) mass is 420 g/mol. The molecule has 164 valence electrons. The molecule has 1 aliphatic heterocycles. The molecule has 2 heterocycles. The number of carbonyl (C=O) groups is 1. The van der Waals surface area contributed by atoms with E-state index in [2.05, 4.69) is 29.3 Å². The van der Waals surface area contributed by atoms with Crippen molar-refractivity contribution in [3.63, 3.8) is 0 Å². The highest BCUT2D eigenvalue weighted by atomic mass is 16.3. The number of furan rings is 1. The van der Waals surface area contributed by atoms with Gasteiger partial charge in [-0.25, -0.2) is 0 Å². The molecule has 2 aromatic carbocycles. The second-order valence-electron chi connectivity index (χ2n) is 8.56. The van der Waals surface area contributed by atoms with Crippen LogP contribution < -0.4 is 5.32 Å². The average molecular weight is 421 g/mol. The highest BCUT2D eigenvalue weighted by molar-refractivity contribution is 6.13. The number of benzene rings is 2. The van der Waals surface area contributed by atoms with Gasteiger partial charge < -0.3 is 14.8 Å². The maximum atomic E-state index is 13.2. The van der Waals surface area contributed by atoms with E-state index in [1.165, 1.54) is 5.56 Å². The SMILES string of the molecule is CCCCc1oc2ccccc2c1C(=O)Nc1cccc(CN2CCC(CO)CC2)c1. The van der Waals surface area contributed by atoms with Crippen LogP contribution in [-0.2, 0) is 13.0 Å². The fraction of sp³-hybridized carbons (Fsp3) is 0.423. The lowest BCUT2D eigenvalue weighted by atomic mass is 9.97. The van der Waals surface area contributed by atoms with E-state index in [0.29, 0.717) is 11.5 Å². The van der Waals surface area contributed by atoms with Gasteiger partial charge in [0, 0.05) is 30.6 Å². The lowest BCUT2D eigenvalue weighted by molar-refractivity contribution is 0.102. The largest absolute Gasteiger partial charge is 0.460 e. The van der Waals surface area contributed by atoms with Crippen LogP contribution in [-0.4, -0.2) is 35.6 Å². The number of amides is 1. The molecule has 1 aliphatic rings. The first-order valence-electron chi connectivity index (χ1n) is 11.4. The van der Waals surface area contributed by atoms with Crippen LogP contribution in [0.5, 0.6) is 0 Å². The van der Waals surface area contributed by atoms with Crippen LogP contribution >= 0.6 is 0 Å². The second kappa shape index (κ2) is 10.1. The van der Waals surface area contributed by atoms with Crippen LogP contribution in [0.1, 0.15) is 54.3 Å². The van der Waals surface area contributed by atoms with Crippen LogP contribution in [0, 0.1) is 5.92 Å². The number of rotatable bonds is 8. The number of hydrogen-bond acceptors (Lipinski definition) is 4. The van der Waals surface area contributed by atoms with Gasteiger partial charge in [-0.15, -0.1) is 0 Å². The summed E-state index contributed by atoms with van der Waals surface area (Å²) in [7, 11) is 0. The van der Waals surface area contributed by atoms with Gasteiger partial charge in [-0.2, -0.15) is 0 Å². The van der Waals surface area contributed by atoms with Gasteiger partial charge in [-0.3, -0.25) is 9.69 Å². The van der Waals surface area contributed by atoms with Crippen molar-refractivity contribution >= 4 is 22.6 Å². The van der Waals surface area contributed by atoms with Gasteiger partial charge in [-0.1, -0.05) is 43.7 Å². The average Bonchev–Trinajstić information content (AvgIpc) is 3.17. The number of unbranched alkanes of at least 4 members (excludes halogenated alkanes) is 1. The highest BCUT2D eigenvalue weighted by Crippen LogP contribution is 2.28. The van der Waals surface area contributed by atoms with Gasteiger partial charge in [0.15, 0.2) is 0 Å². The normalized spacial score (nSPS) is 15.4. The molecule has 3 aromatic rings. The number of aliphatic hydroxyl groups is 1. The van der Waals surface area contributed by atoms with Crippen molar-refractivity contribution < 1.29 is 14.3 Å². The van der Waals surface area contributed by atoms with Gasteiger partial charge in [0.25, 0.3) is 5.91 Å². The summed E-state index contributed by atoms with van der Waals surface area (Å²) in [5, 5.41) is 13.3. The van der Waals surface area contributed by atoms with E-state index in [4.69, 9.17) is 4.42 Å². The zero-order valence-electron chi connectivity index (χ0n) is 18.3. The fourth-order valence-electron chi connectivity index (χ4n) is 4.38. The molecular weight excluding hydrogens is 388 g/mol. The molecule has 0 saturated carbocycles. The number of carbonyl (C=O) groups excluding carboxylic acids is 1. The second-order valence-corrected chi connectivity index (χ2v) is 8.56. The van der Waals surface area contributed by atoms with Gasteiger partial charge in [0.2, 0.25) is 0 Å². The Kier molecular flexibility index (Phi) is 7.05. The molecule has 1 aromatic heterocycles. The first-order valence-corrected chi connectivity index (χ1v) is 11.4. The summed E-state index contributed by atoms with van der Waals surface area (Å²) in [6.07, 6.45) is 4.89. The Morgan fingerprint density at radius 2 is 1.97 bits per heavy atom. The smallest absolute Gasteiger partial charge is 0.259 e. The molecule has 2 N–H and O–H groups in total. The molecular formula is C26H32N2O3. The molecule has 1 fully saturated rings. The number of nitrogens with one attached hydrogen (secondary N) is 1. The third kappa shape index (κ3) is 5.17. The predicted octanol–water partition coefficient (Wildman–Crippen LogP) is 5.23. The van der Waals surface area contributed by atoms with Crippen molar-refractivity contribution in [2.24, 2.45) is 5.92 Å². The quantitative estimate of drug-likeness (QED) is 0.524. The maximum Gasteiger partial charge on any atom is 0.259 e. The van der Waals surface area contributed by atoms with Crippen LogP contribution in [0.4, 0.5) is 5.69 Å². The molecule has 5 heteroatoms. The third-order valence-electron chi connectivity index (χ3n) is 6.21. The Morgan fingerprint density at radius 1 is 1.16 bits per heavy atom. The molecule has 0 bridgehead atoms. The zero-order chi connectivity index (χ0) is 21.6. The van der Waals surface area contributed by atoms with E-state index < -0.39 is 0 Å². The molecule has 5 nitrogen and oxygen atoms in total. The van der Waals surface area contributed by atoms with Gasteiger partial charge in [-0.05, 0) is 62.0 Å². The van der Waals surface area contributed by atoms with E-state index in [-0.39, 0.29) is 12.5 Å². The Hall–Kier alpha value is -2.63. The number of aliphatic hydroxyl groups excluding tert-OH is 1. The van der Waals surface area contributed by atoms with Crippen molar-refractivity contribution in [3.8, 4) is 0 Å². The highest BCUT2D eigenvalue weighted by Gasteiger charge is 2.21. The van der Waals surface area contributed by atoms with Gasteiger partial charge in [0.1, 0.15) is 11.3 Å². The number of aryl methyl sites for hydroxylation is 1. The summed E-state index contributed by atoms with van der Waals surface area (Å²) in [5.41, 5.74) is 3.40. The van der Waals surface area contributed by atoms with Crippen molar-refractivity contribution in [1.29, 1.82) is 0 Å². The molecule has 0 unspecified atom stereocenters. The molecule has 0 spiro atoms. The van der Waals surface area contributed by atoms with E-state index in [9.17, 15) is 9.90 Å². The van der Waals surface area contributed by atoms with E-state index >= 15 is 0 Å². The topological polar surface area (TPSA) is 65.7 Å². The van der Waals surface area contributed by atoms with Gasteiger partial charge in [0.05, 0.1) is 5.56 Å². The maximum absolute atomic E-state index is 13.2. The first-order chi connectivity index (χ1) is 15.2. The summed E-state index contributed by atoms with van der Waals surface area (Å²) in [6, 6.07) is 15.8. The molecule has 0 atom stereocenters. The number of piperidine rings is 1. The molecule has 1 saturated heterocycles. The number of likely N-dealkylation sites (tertiary alicyclic amines) is 1. The Bertz CT molecular complexity index is 1020. The molecule has 31 heavy (non-hydrogen) atoms. The minimum atomic E-state index is -0.114. The lowest BCUT2D eigenvalue weighted by Gasteiger charge is -2.31. The number of nitrogens with zero attached hydrogens (tertiary/aromatic N) is 1. The van der Waals surface area contributed by atoms with Crippen LogP contribution in [0.3, 0.4) is 0 Å². The predicted molar refractivity (Wildman–Crippen MR) is 124 cm³/mol. The Labute approximate surface area is 184 Å². The Balaban J connectivity index is 1.48. The van der Waals surface area contributed by atoms with E-state index in [0.717, 1.165) is 74.2 Å². The van der Waals surface area contributed by atoms with Gasteiger partial charge >= 0.3 is 0 Å². The summed E-state index contributed by atoms with van der Waals surface area (Å²) >= 11 is 0. The summed E-state index contributed by atoms with van der Waals surface area (Å²) in [4.78, 5) is 15.7. The summed E-state index contributed by atoms with van der Waals surface area (Å²) < 4.78 is 6.02. The molecule has 0 radical (unpaired) electrons. The van der Waals surface area contributed by atoms with Crippen molar-refractivity contribution in [2.75, 3.05) is 25.0 Å². The van der Waals surface area contributed by atoms with Crippen LogP contribution in [0.15, 0.2) is 52.9 Å². The minimum absolute atomic E-state index is 0.114. The summed E-state index contributed by atoms with van der Waals surface area (Å²) in [6.45, 7) is 5.30. The van der Waals surface area contributed by atoms with Crippen LogP contribution in [0.2, 0.25) is 0 Å². The van der Waals surface area contributed by atoms with E-state index in [1.54, 1.807) is 0 Å². The first kappa shape index (κ1) is 21.6. The fourth-order valence-corrected chi connectivity index (χ4v) is 4.38. The number of fused-ring (bicyclic) bond motifs is 1. The molecule has 4 rings (SSSR count). The minimum Gasteiger partial charge on any atom is -0.460 e. The number of anilines is 1. The van der Waals surface area contributed by atoms with Crippen LogP contribution in [0.25, 0.3) is 11.0 Å². The Morgan fingerprint density at radius 3 is 2.74 bits per heavy atom. The summed E-state index contributed by atoms with van der Waals surface area (Å²) in [5.74, 6) is 1.09. The van der Waals surface area contributed by atoms with Crippen molar-refractivity contribution in [2.45, 2.75) is 45.6 Å². The molecule has 1 amide bonds. The van der Waals surface area contributed by atoms with Crippen molar-refractivity contribution in [1.82, 2.24) is 4.90 Å². The number of hydrogen-bond donors (Lipinski definition) is 2. The van der Waals surface area contributed by atoms with Crippen molar-refractivity contribution in [3.05, 3.63) is 65.4 Å². The van der Waals surface area contributed by atoms with E-state index in [1.807, 2.05) is 36.4 Å². The third-order valence-corrected chi connectivity index (χ3v) is 6.21. The zero-order valence-corrected chi connectivity index (χ0v) is 18.3.